The maximum absolute atomic E-state index is 3.80. The number of hydrogen-bond acceptors (Lipinski definition) is 0. The fourth-order valence-corrected chi connectivity index (χ4v) is 5.54. The molecule has 31 heavy (non-hydrogen) atoms. The lowest BCUT2D eigenvalue weighted by molar-refractivity contribution is 0.643. The van der Waals surface area contributed by atoms with Crippen LogP contribution >= 0.6 is 0 Å². The van der Waals surface area contributed by atoms with Gasteiger partial charge in [-0.15, -0.1) is 0 Å². The summed E-state index contributed by atoms with van der Waals surface area (Å²) < 4.78 is 0. The number of fused-ring (bicyclic) bond motifs is 8. The highest BCUT2D eigenvalue weighted by Crippen LogP contribution is 2.45. The number of rotatable bonds is 2. The van der Waals surface area contributed by atoms with Gasteiger partial charge in [0.05, 0.1) is 5.52 Å². The van der Waals surface area contributed by atoms with Gasteiger partial charge in [0.15, 0.2) is 0 Å². The van der Waals surface area contributed by atoms with E-state index in [1.165, 1.54) is 60.0 Å². The molecule has 0 atom stereocenters. The van der Waals surface area contributed by atoms with Crippen molar-refractivity contribution in [2.45, 2.75) is 26.2 Å². The Kier molecular flexibility index (Phi) is 3.79. The van der Waals surface area contributed by atoms with Crippen molar-refractivity contribution in [3.63, 3.8) is 0 Å². The molecule has 0 saturated heterocycles. The molecule has 0 amide bonds. The molecule has 0 fully saturated rings. The maximum atomic E-state index is 3.80. The van der Waals surface area contributed by atoms with Crippen LogP contribution in [0, 0.1) is 6.92 Å². The Hall–Kier alpha value is -3.58. The minimum Gasteiger partial charge on any atom is -0.354 e. The van der Waals surface area contributed by atoms with Crippen LogP contribution < -0.4 is 0 Å². The molecule has 1 N–H and O–H groups in total. The lowest BCUT2D eigenvalue weighted by Gasteiger charge is -2.29. The van der Waals surface area contributed by atoms with Gasteiger partial charge in [-0.2, -0.15) is 0 Å². The van der Waals surface area contributed by atoms with Gasteiger partial charge in [-0.3, -0.25) is 0 Å². The van der Waals surface area contributed by atoms with Crippen LogP contribution in [0.3, 0.4) is 0 Å². The summed E-state index contributed by atoms with van der Waals surface area (Å²) in [6.07, 6.45) is 0. The summed E-state index contributed by atoms with van der Waals surface area (Å²) in [4.78, 5) is 3.80. The minimum atomic E-state index is -0.118. The third kappa shape index (κ3) is 2.50. The molecule has 1 nitrogen and oxygen atoms in total. The van der Waals surface area contributed by atoms with Crippen molar-refractivity contribution in [3.05, 3.63) is 108 Å². The molecule has 5 aromatic carbocycles. The SMILES string of the molecule is Cc1ccc2[nH]c3c4ccccc4c4ccccc4c3c2c1C(C)(C)c1ccccc1. The number of aromatic amines is 1. The van der Waals surface area contributed by atoms with Crippen LogP contribution in [-0.2, 0) is 5.41 Å². The number of hydrogen-bond donors (Lipinski definition) is 1. The Bertz CT molecular complexity index is 1600. The Morgan fingerprint density at radius 3 is 1.87 bits per heavy atom. The second-order valence-electron chi connectivity index (χ2n) is 9.14. The van der Waals surface area contributed by atoms with Crippen LogP contribution in [0.25, 0.3) is 43.4 Å². The number of H-pyrrole nitrogens is 1. The number of aryl methyl sites for hydroxylation is 1. The lowest BCUT2D eigenvalue weighted by atomic mass is 9.74. The molecule has 0 aliphatic rings. The first-order valence-corrected chi connectivity index (χ1v) is 11.0. The van der Waals surface area contributed by atoms with E-state index in [2.05, 4.69) is 117 Å². The molecule has 150 valence electrons. The molecule has 6 aromatic rings. The maximum Gasteiger partial charge on any atom is 0.0551 e. The summed E-state index contributed by atoms with van der Waals surface area (Å²) in [5.74, 6) is 0. The highest BCUT2D eigenvalue weighted by molar-refractivity contribution is 6.31. The molecular weight excluding hydrogens is 374 g/mol. The van der Waals surface area contributed by atoms with Crippen LogP contribution in [-0.4, -0.2) is 4.98 Å². The smallest absolute Gasteiger partial charge is 0.0551 e. The molecule has 0 radical (unpaired) electrons. The van der Waals surface area contributed by atoms with Crippen LogP contribution in [0.1, 0.15) is 30.5 Å². The summed E-state index contributed by atoms with van der Waals surface area (Å²) in [7, 11) is 0. The molecule has 0 aliphatic carbocycles. The molecule has 6 rings (SSSR count). The topological polar surface area (TPSA) is 15.8 Å². The quantitative estimate of drug-likeness (QED) is 0.282. The number of benzene rings is 5. The van der Waals surface area contributed by atoms with E-state index in [4.69, 9.17) is 0 Å². The summed E-state index contributed by atoms with van der Waals surface area (Å²) in [5, 5.41) is 7.92. The second kappa shape index (κ2) is 6.46. The van der Waals surface area contributed by atoms with E-state index in [-0.39, 0.29) is 5.41 Å². The molecular formula is C30H25N. The van der Waals surface area contributed by atoms with E-state index in [0.29, 0.717) is 0 Å². The third-order valence-electron chi connectivity index (χ3n) is 6.98. The summed E-state index contributed by atoms with van der Waals surface area (Å²) in [6, 6.07) is 33.0. The van der Waals surface area contributed by atoms with Crippen LogP contribution in [0.4, 0.5) is 0 Å². The summed E-state index contributed by atoms with van der Waals surface area (Å²) >= 11 is 0. The van der Waals surface area contributed by atoms with E-state index in [9.17, 15) is 0 Å². The lowest BCUT2D eigenvalue weighted by Crippen LogP contribution is -2.20. The third-order valence-corrected chi connectivity index (χ3v) is 6.98. The summed E-state index contributed by atoms with van der Waals surface area (Å²) in [6.45, 7) is 6.96. The van der Waals surface area contributed by atoms with Crippen LogP contribution in [0.15, 0.2) is 91.0 Å². The van der Waals surface area contributed by atoms with Crippen LogP contribution in [0.5, 0.6) is 0 Å². The standard InChI is InChI=1S/C30H25N/c1-19-17-18-25-27(28(19)30(2,3)20-11-5-4-6-12-20)26-23-15-9-7-13-21(23)22-14-8-10-16-24(22)29(26)31-25/h4-18,31H,1-3H3. The van der Waals surface area contributed by atoms with Crippen molar-refractivity contribution >= 4 is 43.4 Å². The zero-order valence-electron chi connectivity index (χ0n) is 18.2. The van der Waals surface area contributed by atoms with Gasteiger partial charge in [-0.1, -0.05) is 98.8 Å². The van der Waals surface area contributed by atoms with Crippen molar-refractivity contribution in [1.29, 1.82) is 0 Å². The Morgan fingerprint density at radius 1 is 0.581 bits per heavy atom. The minimum absolute atomic E-state index is 0.118. The van der Waals surface area contributed by atoms with E-state index in [1.54, 1.807) is 0 Å². The monoisotopic (exact) mass is 399 g/mol. The number of nitrogens with one attached hydrogen (secondary N) is 1. The van der Waals surface area contributed by atoms with Gasteiger partial charge >= 0.3 is 0 Å². The average molecular weight is 400 g/mol. The molecule has 0 saturated carbocycles. The molecule has 0 unspecified atom stereocenters. The van der Waals surface area contributed by atoms with Crippen molar-refractivity contribution in [3.8, 4) is 0 Å². The Labute approximate surface area is 182 Å². The zero-order valence-corrected chi connectivity index (χ0v) is 18.2. The van der Waals surface area contributed by atoms with Crippen molar-refractivity contribution in [2.75, 3.05) is 0 Å². The van der Waals surface area contributed by atoms with Crippen molar-refractivity contribution in [1.82, 2.24) is 4.98 Å². The van der Waals surface area contributed by atoms with E-state index < -0.39 is 0 Å². The van der Waals surface area contributed by atoms with Gasteiger partial charge in [0.25, 0.3) is 0 Å². The average Bonchev–Trinajstić information content (AvgIpc) is 3.19. The molecule has 1 heteroatoms. The highest BCUT2D eigenvalue weighted by atomic mass is 14.7. The molecule has 0 bridgehead atoms. The molecule has 0 spiro atoms. The van der Waals surface area contributed by atoms with E-state index >= 15 is 0 Å². The molecule has 0 aliphatic heterocycles. The van der Waals surface area contributed by atoms with Gasteiger partial charge in [0.2, 0.25) is 0 Å². The fraction of sp³-hybridized carbons (Fsp3) is 0.133. The van der Waals surface area contributed by atoms with Gasteiger partial charge in [-0.05, 0) is 45.8 Å². The van der Waals surface area contributed by atoms with E-state index in [1.807, 2.05) is 0 Å². The van der Waals surface area contributed by atoms with Crippen molar-refractivity contribution < 1.29 is 0 Å². The predicted molar refractivity (Wildman–Crippen MR) is 134 cm³/mol. The van der Waals surface area contributed by atoms with Crippen molar-refractivity contribution in [2.24, 2.45) is 0 Å². The first-order valence-electron chi connectivity index (χ1n) is 11.0. The molecule has 1 aromatic heterocycles. The highest BCUT2D eigenvalue weighted by Gasteiger charge is 2.29. The number of aromatic nitrogens is 1. The Morgan fingerprint density at radius 2 is 1.16 bits per heavy atom. The normalized spacial score (nSPS) is 12.4. The fourth-order valence-electron chi connectivity index (χ4n) is 5.54. The van der Waals surface area contributed by atoms with E-state index in [0.717, 1.165) is 0 Å². The summed E-state index contributed by atoms with van der Waals surface area (Å²) in [5.41, 5.74) is 6.40. The largest absolute Gasteiger partial charge is 0.354 e. The van der Waals surface area contributed by atoms with Gasteiger partial charge in [0.1, 0.15) is 0 Å². The van der Waals surface area contributed by atoms with Gasteiger partial charge < -0.3 is 4.98 Å². The zero-order chi connectivity index (χ0) is 21.2. The van der Waals surface area contributed by atoms with Crippen LogP contribution in [0.2, 0.25) is 0 Å². The van der Waals surface area contributed by atoms with Gasteiger partial charge in [-0.25, -0.2) is 0 Å². The predicted octanol–water partition coefficient (Wildman–Crippen LogP) is 8.26. The Balaban J connectivity index is 1.88. The second-order valence-corrected chi connectivity index (χ2v) is 9.14. The van der Waals surface area contributed by atoms with Gasteiger partial charge in [0, 0.05) is 27.1 Å². The first kappa shape index (κ1) is 18.2. The molecule has 1 heterocycles. The first-order chi connectivity index (χ1) is 15.1.